The van der Waals surface area contributed by atoms with Gasteiger partial charge in [0, 0.05) is 18.8 Å². The van der Waals surface area contributed by atoms with Crippen molar-refractivity contribution in [3.05, 3.63) is 77.1 Å². The van der Waals surface area contributed by atoms with Crippen molar-refractivity contribution in [1.82, 2.24) is 10.3 Å². The molecule has 5 rings (SSSR count). The van der Waals surface area contributed by atoms with Crippen molar-refractivity contribution >= 4 is 11.7 Å². The third kappa shape index (κ3) is 4.86. The number of carboxylic acids is 1. The summed E-state index contributed by atoms with van der Waals surface area (Å²) in [4.78, 5) is 15.5. The Balaban J connectivity index is 1.32. The lowest BCUT2D eigenvalue weighted by Crippen LogP contribution is -2.34. The monoisotopic (exact) mass is 443 g/mol. The molecule has 2 aliphatic rings. The van der Waals surface area contributed by atoms with Crippen LogP contribution in [0.5, 0.6) is 5.75 Å². The van der Waals surface area contributed by atoms with Gasteiger partial charge in [0.05, 0.1) is 24.1 Å². The third-order valence-corrected chi connectivity index (χ3v) is 6.54. The van der Waals surface area contributed by atoms with Crippen molar-refractivity contribution in [3.63, 3.8) is 0 Å². The van der Waals surface area contributed by atoms with Crippen LogP contribution in [0.3, 0.4) is 0 Å². The van der Waals surface area contributed by atoms with E-state index < -0.39 is 5.97 Å². The van der Waals surface area contributed by atoms with Gasteiger partial charge in [-0.2, -0.15) is 0 Å². The zero-order valence-electron chi connectivity index (χ0n) is 18.8. The van der Waals surface area contributed by atoms with Crippen LogP contribution in [-0.2, 0) is 6.42 Å². The number of anilines is 1. The number of aryl methyl sites for hydroxylation is 1. The number of benzene rings is 2. The molecule has 6 nitrogen and oxygen atoms in total. The molecule has 3 aromatic rings. The highest BCUT2D eigenvalue weighted by Gasteiger charge is 2.23. The van der Waals surface area contributed by atoms with E-state index in [1.807, 2.05) is 0 Å². The summed E-state index contributed by atoms with van der Waals surface area (Å²) < 4.78 is 5.94. The van der Waals surface area contributed by atoms with Gasteiger partial charge in [-0.3, -0.25) is 4.98 Å². The van der Waals surface area contributed by atoms with Crippen LogP contribution < -0.4 is 15.4 Å². The molecule has 1 aliphatic heterocycles. The maximum atomic E-state index is 11.5. The van der Waals surface area contributed by atoms with Crippen molar-refractivity contribution in [2.75, 3.05) is 25.0 Å². The van der Waals surface area contributed by atoms with Gasteiger partial charge in [0.1, 0.15) is 5.75 Å². The number of carbonyl (C=O) groups is 1. The second-order valence-electron chi connectivity index (χ2n) is 9.01. The summed E-state index contributed by atoms with van der Waals surface area (Å²) in [6.45, 7) is 4.44. The summed E-state index contributed by atoms with van der Waals surface area (Å²) in [6, 6.07) is 14.7. The number of aromatic nitrogens is 1. The first-order valence-electron chi connectivity index (χ1n) is 11.6. The summed E-state index contributed by atoms with van der Waals surface area (Å²) in [5.74, 6) is 0.740. The van der Waals surface area contributed by atoms with Crippen LogP contribution in [0.1, 0.15) is 45.9 Å². The predicted octanol–water partition coefficient (Wildman–Crippen LogP) is 4.84. The van der Waals surface area contributed by atoms with Crippen LogP contribution >= 0.6 is 0 Å². The molecule has 170 valence electrons. The lowest BCUT2D eigenvalue weighted by Gasteiger charge is -2.28. The van der Waals surface area contributed by atoms with E-state index >= 15 is 0 Å². The quantitative estimate of drug-likeness (QED) is 0.462. The third-order valence-electron chi connectivity index (χ3n) is 6.54. The summed E-state index contributed by atoms with van der Waals surface area (Å²) in [5.41, 5.74) is 7.01. The Kier molecular flexibility index (Phi) is 6.01. The Bertz CT molecular complexity index is 1170. The largest absolute Gasteiger partial charge is 0.493 e. The van der Waals surface area contributed by atoms with E-state index in [9.17, 15) is 9.90 Å². The van der Waals surface area contributed by atoms with Gasteiger partial charge < -0.3 is 20.5 Å². The number of pyridine rings is 1. The summed E-state index contributed by atoms with van der Waals surface area (Å²) in [5, 5.41) is 16.2. The Morgan fingerprint density at radius 2 is 2.09 bits per heavy atom. The van der Waals surface area contributed by atoms with E-state index in [1.54, 1.807) is 6.20 Å². The fourth-order valence-electron chi connectivity index (χ4n) is 4.49. The van der Waals surface area contributed by atoms with Crippen molar-refractivity contribution in [1.29, 1.82) is 0 Å². The van der Waals surface area contributed by atoms with Gasteiger partial charge in [-0.1, -0.05) is 24.3 Å². The molecule has 0 bridgehead atoms. The molecule has 1 aliphatic carbocycles. The van der Waals surface area contributed by atoms with Gasteiger partial charge in [-0.05, 0) is 84.7 Å². The standard InChI is InChI=1S/C27H29N3O3/c1-17-12-21(33-16-18-2-3-18)5-7-22(17)19-4-6-23-20(13-19)8-11-29-26(23)15-30-25-14-28-10-9-24(25)27(31)32/h4-7,9-10,12-14,18,26,29-30H,2-3,8,11,15-16H2,1H3,(H,31,32). The number of carboxylic acid groups (broad SMARTS) is 1. The molecule has 1 atom stereocenters. The maximum absolute atomic E-state index is 11.5. The summed E-state index contributed by atoms with van der Waals surface area (Å²) in [7, 11) is 0. The Hall–Kier alpha value is -3.38. The van der Waals surface area contributed by atoms with Gasteiger partial charge in [-0.25, -0.2) is 4.79 Å². The molecule has 0 spiro atoms. The van der Waals surface area contributed by atoms with Crippen LogP contribution in [0, 0.1) is 12.8 Å². The Morgan fingerprint density at radius 3 is 2.88 bits per heavy atom. The first kappa shape index (κ1) is 21.5. The molecule has 2 heterocycles. The SMILES string of the molecule is Cc1cc(OCC2CC2)ccc1-c1ccc2c(c1)CCNC2CNc1cnccc1C(=O)O. The maximum Gasteiger partial charge on any atom is 0.337 e. The minimum Gasteiger partial charge on any atom is -0.493 e. The molecule has 6 heteroatoms. The molecule has 1 unspecified atom stereocenters. The first-order valence-corrected chi connectivity index (χ1v) is 11.6. The molecule has 0 amide bonds. The van der Waals surface area contributed by atoms with Crippen molar-refractivity contribution in [2.24, 2.45) is 5.92 Å². The molecule has 1 aromatic heterocycles. The van der Waals surface area contributed by atoms with Gasteiger partial charge in [0.2, 0.25) is 0 Å². The average Bonchev–Trinajstić information content (AvgIpc) is 3.66. The van der Waals surface area contributed by atoms with E-state index in [2.05, 4.69) is 58.9 Å². The fraction of sp³-hybridized carbons (Fsp3) is 0.333. The van der Waals surface area contributed by atoms with E-state index in [-0.39, 0.29) is 11.6 Å². The van der Waals surface area contributed by atoms with Crippen LogP contribution in [0.25, 0.3) is 11.1 Å². The molecule has 33 heavy (non-hydrogen) atoms. The van der Waals surface area contributed by atoms with Crippen LogP contribution in [-0.4, -0.2) is 35.8 Å². The van der Waals surface area contributed by atoms with Gasteiger partial charge in [0.25, 0.3) is 0 Å². The van der Waals surface area contributed by atoms with Gasteiger partial charge >= 0.3 is 5.97 Å². The summed E-state index contributed by atoms with van der Waals surface area (Å²) in [6.07, 6.45) is 6.62. The number of nitrogens with zero attached hydrogens (tertiary/aromatic N) is 1. The second kappa shape index (κ2) is 9.24. The number of fused-ring (bicyclic) bond motifs is 1. The van der Waals surface area contributed by atoms with E-state index in [0.29, 0.717) is 12.2 Å². The van der Waals surface area contributed by atoms with Gasteiger partial charge in [0.15, 0.2) is 0 Å². The highest BCUT2D eigenvalue weighted by atomic mass is 16.5. The number of ether oxygens (including phenoxy) is 1. The average molecular weight is 444 g/mol. The van der Waals surface area contributed by atoms with E-state index in [1.165, 1.54) is 52.9 Å². The highest BCUT2D eigenvalue weighted by Crippen LogP contribution is 2.33. The van der Waals surface area contributed by atoms with Gasteiger partial charge in [-0.15, -0.1) is 0 Å². The van der Waals surface area contributed by atoms with Crippen molar-refractivity contribution in [2.45, 2.75) is 32.2 Å². The van der Waals surface area contributed by atoms with Crippen LogP contribution in [0.4, 0.5) is 5.69 Å². The van der Waals surface area contributed by atoms with E-state index in [0.717, 1.165) is 31.2 Å². The van der Waals surface area contributed by atoms with E-state index in [4.69, 9.17) is 4.74 Å². The zero-order chi connectivity index (χ0) is 22.8. The topological polar surface area (TPSA) is 83.5 Å². The number of hydrogen-bond acceptors (Lipinski definition) is 5. The minimum absolute atomic E-state index is 0.101. The minimum atomic E-state index is -0.958. The summed E-state index contributed by atoms with van der Waals surface area (Å²) >= 11 is 0. The molecule has 1 fully saturated rings. The van der Waals surface area contributed by atoms with Crippen LogP contribution in [0.15, 0.2) is 54.9 Å². The molecule has 0 saturated heterocycles. The number of rotatable bonds is 8. The second-order valence-corrected chi connectivity index (χ2v) is 9.01. The molecule has 3 N–H and O–H groups in total. The molecule has 0 radical (unpaired) electrons. The Labute approximate surface area is 194 Å². The molecule has 2 aromatic carbocycles. The Morgan fingerprint density at radius 1 is 1.21 bits per heavy atom. The molecule has 1 saturated carbocycles. The smallest absolute Gasteiger partial charge is 0.337 e. The lowest BCUT2D eigenvalue weighted by molar-refractivity contribution is 0.0697. The predicted molar refractivity (Wildman–Crippen MR) is 129 cm³/mol. The lowest BCUT2D eigenvalue weighted by atomic mass is 9.89. The van der Waals surface area contributed by atoms with Crippen molar-refractivity contribution in [3.8, 4) is 16.9 Å². The fourth-order valence-corrected chi connectivity index (χ4v) is 4.49. The highest BCUT2D eigenvalue weighted by molar-refractivity contribution is 5.93. The molecular formula is C27H29N3O3. The first-order chi connectivity index (χ1) is 16.1. The van der Waals surface area contributed by atoms with Crippen LogP contribution in [0.2, 0.25) is 0 Å². The number of hydrogen-bond donors (Lipinski definition) is 3. The van der Waals surface area contributed by atoms with Crippen molar-refractivity contribution < 1.29 is 14.6 Å². The zero-order valence-corrected chi connectivity index (χ0v) is 18.8. The number of nitrogens with one attached hydrogen (secondary N) is 2. The number of aromatic carboxylic acids is 1. The molecular weight excluding hydrogens is 414 g/mol. The normalized spacial score (nSPS) is 17.3.